The summed E-state index contributed by atoms with van der Waals surface area (Å²) >= 11 is 3.40. The van der Waals surface area contributed by atoms with Crippen LogP contribution in [-0.2, 0) is 11.3 Å². The van der Waals surface area contributed by atoms with E-state index in [9.17, 15) is 4.79 Å². The molecule has 0 heterocycles. The minimum atomic E-state index is -0.0566. The first kappa shape index (κ1) is 14.8. The Labute approximate surface area is 126 Å². The largest absolute Gasteiger partial charge is 0.497 e. The molecule has 0 bridgehead atoms. The lowest BCUT2D eigenvalue weighted by Gasteiger charge is -2.06. The van der Waals surface area contributed by atoms with Gasteiger partial charge in [0.15, 0.2) is 5.78 Å². The average molecular weight is 335 g/mol. The quantitative estimate of drug-likeness (QED) is 0.752. The Balaban J connectivity index is 1.89. The molecule has 0 aliphatic heterocycles. The van der Waals surface area contributed by atoms with E-state index in [0.29, 0.717) is 17.9 Å². The monoisotopic (exact) mass is 334 g/mol. The minimum Gasteiger partial charge on any atom is -0.497 e. The van der Waals surface area contributed by atoms with Crippen molar-refractivity contribution in [2.75, 3.05) is 13.7 Å². The summed E-state index contributed by atoms with van der Waals surface area (Å²) < 4.78 is 11.5. The molecule has 0 radical (unpaired) electrons. The lowest BCUT2D eigenvalue weighted by molar-refractivity contribution is 0.0726. The molecule has 0 N–H and O–H groups in total. The minimum absolute atomic E-state index is 0.0552. The summed E-state index contributed by atoms with van der Waals surface area (Å²) in [7, 11) is 1.58. The average Bonchev–Trinajstić information content (AvgIpc) is 2.47. The summed E-state index contributed by atoms with van der Waals surface area (Å²) in [4.78, 5) is 12.0. The summed E-state index contributed by atoms with van der Waals surface area (Å²) in [6.45, 7) is 0.467. The Kier molecular flexibility index (Phi) is 5.32. The molecule has 2 aromatic rings. The number of ketones is 1. The van der Waals surface area contributed by atoms with Crippen molar-refractivity contribution >= 4 is 21.7 Å². The molecule has 0 fully saturated rings. The van der Waals surface area contributed by atoms with Crippen LogP contribution in [0.1, 0.15) is 15.9 Å². The van der Waals surface area contributed by atoms with Gasteiger partial charge >= 0.3 is 0 Å². The molecule has 0 aliphatic rings. The molecule has 4 heteroatoms. The fourth-order valence-electron chi connectivity index (χ4n) is 1.77. The number of methoxy groups -OCH3 is 1. The SMILES string of the molecule is COc1cccc(C(=O)COCc2cccc(Br)c2)c1. The number of ether oxygens (including phenoxy) is 2. The normalized spacial score (nSPS) is 10.3. The zero-order valence-corrected chi connectivity index (χ0v) is 12.7. The third-order valence-corrected chi connectivity index (χ3v) is 3.28. The molecule has 2 aromatic carbocycles. The number of carbonyl (C=O) groups excluding carboxylic acids is 1. The number of rotatable bonds is 6. The van der Waals surface area contributed by atoms with Crippen molar-refractivity contribution in [3.8, 4) is 5.75 Å². The second-order valence-electron chi connectivity index (χ2n) is 4.28. The Bertz CT molecular complexity index is 596. The number of Topliss-reactive ketones (excluding diaryl/α,β-unsaturated/α-hetero) is 1. The van der Waals surface area contributed by atoms with Crippen LogP contribution in [0.5, 0.6) is 5.75 Å². The molecule has 2 rings (SSSR count). The van der Waals surface area contributed by atoms with Gasteiger partial charge in [-0.15, -0.1) is 0 Å². The standard InChI is InChI=1S/C16H15BrO3/c1-19-15-7-3-5-13(9-15)16(18)11-20-10-12-4-2-6-14(17)8-12/h2-9H,10-11H2,1H3. The highest BCUT2D eigenvalue weighted by Gasteiger charge is 2.07. The number of halogens is 1. The van der Waals surface area contributed by atoms with Gasteiger partial charge in [-0.25, -0.2) is 0 Å². The van der Waals surface area contributed by atoms with E-state index in [4.69, 9.17) is 9.47 Å². The van der Waals surface area contributed by atoms with E-state index in [2.05, 4.69) is 15.9 Å². The Hall–Kier alpha value is -1.65. The predicted octanol–water partition coefficient (Wildman–Crippen LogP) is 3.86. The van der Waals surface area contributed by atoms with Crippen LogP contribution in [0.3, 0.4) is 0 Å². The van der Waals surface area contributed by atoms with Gasteiger partial charge in [0.1, 0.15) is 12.4 Å². The van der Waals surface area contributed by atoms with Crippen molar-refractivity contribution in [2.24, 2.45) is 0 Å². The molecular formula is C16H15BrO3. The highest BCUT2D eigenvalue weighted by Crippen LogP contribution is 2.14. The van der Waals surface area contributed by atoms with E-state index >= 15 is 0 Å². The Morgan fingerprint density at radius 2 is 1.95 bits per heavy atom. The summed E-state index contributed by atoms with van der Waals surface area (Å²) in [5.41, 5.74) is 1.62. The predicted molar refractivity (Wildman–Crippen MR) is 81.1 cm³/mol. The topological polar surface area (TPSA) is 35.5 Å². The van der Waals surface area contributed by atoms with Gasteiger partial charge in [-0.1, -0.05) is 40.2 Å². The number of hydrogen-bond donors (Lipinski definition) is 0. The van der Waals surface area contributed by atoms with Crippen molar-refractivity contribution in [2.45, 2.75) is 6.61 Å². The molecule has 0 saturated carbocycles. The van der Waals surface area contributed by atoms with Crippen LogP contribution in [0.4, 0.5) is 0 Å². The van der Waals surface area contributed by atoms with Crippen LogP contribution >= 0.6 is 15.9 Å². The highest BCUT2D eigenvalue weighted by molar-refractivity contribution is 9.10. The molecule has 0 aliphatic carbocycles. The van der Waals surface area contributed by atoms with Crippen LogP contribution in [-0.4, -0.2) is 19.5 Å². The van der Waals surface area contributed by atoms with Gasteiger partial charge in [0.25, 0.3) is 0 Å². The number of benzene rings is 2. The van der Waals surface area contributed by atoms with Gasteiger partial charge in [0.05, 0.1) is 13.7 Å². The molecule has 0 unspecified atom stereocenters. The van der Waals surface area contributed by atoms with E-state index in [1.165, 1.54) is 0 Å². The fourth-order valence-corrected chi connectivity index (χ4v) is 2.21. The molecule has 0 aromatic heterocycles. The van der Waals surface area contributed by atoms with Crippen LogP contribution in [0.2, 0.25) is 0 Å². The van der Waals surface area contributed by atoms with Crippen molar-refractivity contribution in [3.05, 3.63) is 64.1 Å². The molecule has 0 spiro atoms. The summed E-state index contributed by atoms with van der Waals surface area (Å²) in [6.07, 6.45) is 0. The van der Waals surface area contributed by atoms with E-state index < -0.39 is 0 Å². The summed E-state index contributed by atoms with van der Waals surface area (Å²) in [5, 5.41) is 0. The maximum Gasteiger partial charge on any atom is 0.188 e. The molecule has 0 amide bonds. The van der Waals surface area contributed by atoms with Crippen molar-refractivity contribution in [1.29, 1.82) is 0 Å². The highest BCUT2D eigenvalue weighted by atomic mass is 79.9. The zero-order valence-electron chi connectivity index (χ0n) is 11.1. The molecule has 20 heavy (non-hydrogen) atoms. The van der Waals surface area contributed by atoms with Gasteiger partial charge < -0.3 is 9.47 Å². The van der Waals surface area contributed by atoms with E-state index in [1.54, 1.807) is 31.4 Å². The first-order valence-corrected chi connectivity index (χ1v) is 6.98. The molecule has 0 saturated heterocycles. The van der Waals surface area contributed by atoms with Gasteiger partial charge in [-0.2, -0.15) is 0 Å². The van der Waals surface area contributed by atoms with Crippen LogP contribution in [0.25, 0.3) is 0 Å². The second kappa shape index (κ2) is 7.22. The lowest BCUT2D eigenvalue weighted by atomic mass is 10.1. The molecule has 104 valence electrons. The fraction of sp³-hybridized carbons (Fsp3) is 0.188. The second-order valence-corrected chi connectivity index (χ2v) is 5.19. The van der Waals surface area contributed by atoms with Crippen molar-refractivity contribution in [3.63, 3.8) is 0 Å². The van der Waals surface area contributed by atoms with E-state index in [0.717, 1.165) is 10.0 Å². The van der Waals surface area contributed by atoms with Crippen molar-refractivity contribution in [1.82, 2.24) is 0 Å². The van der Waals surface area contributed by atoms with Gasteiger partial charge in [-0.05, 0) is 29.8 Å². The molecule has 3 nitrogen and oxygen atoms in total. The number of hydrogen-bond acceptors (Lipinski definition) is 3. The smallest absolute Gasteiger partial charge is 0.188 e. The van der Waals surface area contributed by atoms with Crippen molar-refractivity contribution < 1.29 is 14.3 Å². The zero-order chi connectivity index (χ0) is 14.4. The van der Waals surface area contributed by atoms with Gasteiger partial charge in [0, 0.05) is 10.0 Å². The van der Waals surface area contributed by atoms with Gasteiger partial charge in [0.2, 0.25) is 0 Å². The van der Waals surface area contributed by atoms with E-state index in [1.807, 2.05) is 24.3 Å². The summed E-state index contributed by atoms with van der Waals surface area (Å²) in [6, 6.07) is 14.9. The lowest BCUT2D eigenvalue weighted by Crippen LogP contribution is -2.09. The molecule has 0 atom stereocenters. The Morgan fingerprint density at radius 3 is 2.70 bits per heavy atom. The van der Waals surface area contributed by atoms with Crippen LogP contribution < -0.4 is 4.74 Å². The third kappa shape index (κ3) is 4.18. The van der Waals surface area contributed by atoms with Gasteiger partial charge in [-0.3, -0.25) is 4.79 Å². The third-order valence-electron chi connectivity index (χ3n) is 2.78. The first-order chi connectivity index (χ1) is 9.69. The molecular weight excluding hydrogens is 320 g/mol. The van der Waals surface area contributed by atoms with Crippen LogP contribution in [0, 0.1) is 0 Å². The maximum atomic E-state index is 12.0. The number of carbonyl (C=O) groups is 1. The first-order valence-electron chi connectivity index (χ1n) is 6.18. The summed E-state index contributed by atoms with van der Waals surface area (Å²) in [5.74, 6) is 0.613. The van der Waals surface area contributed by atoms with E-state index in [-0.39, 0.29) is 12.4 Å². The maximum absolute atomic E-state index is 12.0. The van der Waals surface area contributed by atoms with Crippen LogP contribution in [0.15, 0.2) is 53.0 Å². The Morgan fingerprint density at radius 1 is 1.15 bits per heavy atom.